The number of likely N-dealkylation sites (tertiary alicyclic amines) is 1. The molecule has 0 unspecified atom stereocenters. The van der Waals surface area contributed by atoms with E-state index < -0.39 is 23.5 Å². The van der Waals surface area contributed by atoms with Gasteiger partial charge in [0.1, 0.15) is 6.04 Å². The zero-order valence-corrected chi connectivity index (χ0v) is 8.93. The molecule has 0 aromatic carbocycles. The summed E-state index contributed by atoms with van der Waals surface area (Å²) >= 11 is 0. The lowest BCUT2D eigenvalue weighted by Gasteiger charge is -2.25. The highest BCUT2D eigenvalue weighted by Gasteiger charge is 2.54. The van der Waals surface area contributed by atoms with Gasteiger partial charge in [-0.1, -0.05) is 0 Å². The third kappa shape index (κ3) is 1.68. The number of carbonyl (C=O) groups is 2. The second-order valence-corrected chi connectivity index (χ2v) is 4.69. The van der Waals surface area contributed by atoms with E-state index in [1.165, 1.54) is 4.90 Å². The summed E-state index contributed by atoms with van der Waals surface area (Å²) in [6.45, 7) is 0.363. The molecule has 90 valence electrons. The summed E-state index contributed by atoms with van der Waals surface area (Å²) in [7, 11) is 0. The molecule has 1 saturated heterocycles. The summed E-state index contributed by atoms with van der Waals surface area (Å²) in [5.74, 6) is -1.27. The van der Waals surface area contributed by atoms with Crippen LogP contribution in [0.3, 0.4) is 0 Å². The van der Waals surface area contributed by atoms with E-state index in [2.05, 4.69) is 0 Å². The number of carboxylic acid groups (broad SMARTS) is 1. The molecule has 0 spiro atoms. The normalized spacial score (nSPS) is 31.5. The van der Waals surface area contributed by atoms with Gasteiger partial charge in [-0.25, -0.2) is 4.79 Å². The molecule has 1 heterocycles. The van der Waals surface area contributed by atoms with Crippen LogP contribution in [-0.4, -0.2) is 52.2 Å². The van der Waals surface area contributed by atoms with Crippen LogP contribution in [0.2, 0.25) is 0 Å². The number of aliphatic hydroxyl groups excluding tert-OH is 1. The Kier molecular flexibility index (Phi) is 2.63. The summed E-state index contributed by atoms with van der Waals surface area (Å²) in [4.78, 5) is 24.3. The van der Waals surface area contributed by atoms with Crippen molar-refractivity contribution in [2.45, 2.75) is 31.4 Å². The molecule has 0 aromatic heterocycles. The molecule has 1 amide bonds. The van der Waals surface area contributed by atoms with Crippen LogP contribution in [0.4, 0.5) is 0 Å². The first kappa shape index (κ1) is 11.3. The van der Waals surface area contributed by atoms with Crippen molar-refractivity contribution < 1.29 is 19.8 Å². The van der Waals surface area contributed by atoms with Crippen LogP contribution in [0.5, 0.6) is 0 Å². The van der Waals surface area contributed by atoms with Crippen LogP contribution in [0.25, 0.3) is 0 Å². The van der Waals surface area contributed by atoms with Gasteiger partial charge in [0.2, 0.25) is 5.91 Å². The number of amides is 1. The molecule has 0 bridgehead atoms. The zero-order chi connectivity index (χ0) is 11.9. The summed E-state index contributed by atoms with van der Waals surface area (Å²) < 4.78 is 0. The van der Waals surface area contributed by atoms with Crippen LogP contribution < -0.4 is 5.73 Å². The Bertz CT molecular complexity index is 327. The van der Waals surface area contributed by atoms with E-state index in [1.807, 2.05) is 0 Å². The van der Waals surface area contributed by atoms with Gasteiger partial charge in [0.15, 0.2) is 0 Å². The number of nitrogens with two attached hydrogens (primary N) is 1. The van der Waals surface area contributed by atoms with Crippen LogP contribution in [0.1, 0.15) is 19.3 Å². The minimum atomic E-state index is -1.06. The summed E-state index contributed by atoms with van der Waals surface area (Å²) in [6, 6.07) is -0.897. The van der Waals surface area contributed by atoms with Gasteiger partial charge in [-0.2, -0.15) is 0 Å². The van der Waals surface area contributed by atoms with E-state index >= 15 is 0 Å². The van der Waals surface area contributed by atoms with Gasteiger partial charge in [0.25, 0.3) is 0 Å². The average molecular weight is 228 g/mol. The van der Waals surface area contributed by atoms with Gasteiger partial charge in [-0.05, 0) is 12.8 Å². The molecule has 6 heteroatoms. The van der Waals surface area contributed by atoms with E-state index in [0.29, 0.717) is 0 Å². The Morgan fingerprint density at radius 1 is 1.44 bits per heavy atom. The van der Waals surface area contributed by atoms with Crippen molar-refractivity contribution in [3.8, 4) is 0 Å². The van der Waals surface area contributed by atoms with E-state index in [-0.39, 0.29) is 25.4 Å². The highest BCUT2D eigenvalue weighted by molar-refractivity contribution is 5.90. The average Bonchev–Trinajstić information content (AvgIpc) is 2.94. The fraction of sp³-hybridized carbons (Fsp3) is 0.800. The van der Waals surface area contributed by atoms with Crippen molar-refractivity contribution in [1.29, 1.82) is 0 Å². The van der Waals surface area contributed by atoms with Gasteiger partial charge in [-0.3, -0.25) is 4.79 Å². The van der Waals surface area contributed by atoms with Crippen molar-refractivity contribution in [3.05, 3.63) is 0 Å². The van der Waals surface area contributed by atoms with Crippen LogP contribution in [0, 0.1) is 5.41 Å². The summed E-state index contributed by atoms with van der Waals surface area (Å²) in [5.41, 5.74) is 4.99. The van der Waals surface area contributed by atoms with E-state index in [9.17, 15) is 14.7 Å². The maximum Gasteiger partial charge on any atom is 0.326 e. The quantitative estimate of drug-likeness (QED) is 0.561. The third-order valence-electron chi connectivity index (χ3n) is 3.52. The fourth-order valence-corrected chi connectivity index (χ4v) is 2.23. The largest absolute Gasteiger partial charge is 0.480 e. The van der Waals surface area contributed by atoms with Crippen molar-refractivity contribution >= 4 is 11.9 Å². The fourth-order valence-electron chi connectivity index (χ4n) is 2.23. The predicted octanol–water partition coefficient (Wildman–Crippen LogP) is -1.23. The molecule has 0 aromatic rings. The number of nitrogens with zero attached hydrogens (tertiary/aromatic N) is 1. The Balaban J connectivity index is 2.13. The summed E-state index contributed by atoms with van der Waals surface area (Å²) in [5, 5.41) is 18.4. The monoisotopic (exact) mass is 228 g/mol. The first-order chi connectivity index (χ1) is 7.50. The lowest BCUT2D eigenvalue weighted by Crippen LogP contribution is -2.46. The van der Waals surface area contributed by atoms with Crippen molar-refractivity contribution in [2.24, 2.45) is 11.1 Å². The number of rotatable bonds is 3. The molecule has 0 radical (unpaired) electrons. The molecular formula is C10H16N2O4. The standard InChI is InChI=1S/C10H16N2O4/c11-5-10(1-2-10)9(16)12-4-6(13)3-7(12)8(14)15/h6-7,13H,1-5,11H2,(H,14,15)/t6-,7-/m1/s1. The van der Waals surface area contributed by atoms with Crippen LogP contribution in [0.15, 0.2) is 0 Å². The molecule has 4 N–H and O–H groups in total. The lowest BCUT2D eigenvalue weighted by atomic mass is 10.1. The minimum absolute atomic E-state index is 0.109. The molecule has 1 aliphatic heterocycles. The summed E-state index contributed by atoms with van der Waals surface area (Å²) in [6.07, 6.45) is 0.822. The number of aliphatic hydroxyl groups is 1. The van der Waals surface area contributed by atoms with Gasteiger partial charge in [0, 0.05) is 19.5 Å². The predicted molar refractivity (Wildman–Crippen MR) is 54.5 cm³/mol. The molecule has 2 aliphatic rings. The Morgan fingerprint density at radius 3 is 2.50 bits per heavy atom. The number of β-amino-alcohol motifs (C(OH)–C–C–N with tert-alkyl or cyclic N) is 1. The topological polar surface area (TPSA) is 104 Å². The smallest absolute Gasteiger partial charge is 0.326 e. The van der Waals surface area contributed by atoms with E-state index in [0.717, 1.165) is 12.8 Å². The molecule has 2 fully saturated rings. The molecule has 16 heavy (non-hydrogen) atoms. The highest BCUT2D eigenvalue weighted by atomic mass is 16.4. The number of hydrogen-bond acceptors (Lipinski definition) is 4. The van der Waals surface area contributed by atoms with Crippen LogP contribution >= 0.6 is 0 Å². The van der Waals surface area contributed by atoms with Crippen molar-refractivity contribution in [2.75, 3.05) is 13.1 Å². The van der Waals surface area contributed by atoms with Gasteiger partial charge in [0.05, 0.1) is 11.5 Å². The first-order valence-corrected chi connectivity index (χ1v) is 5.42. The second-order valence-electron chi connectivity index (χ2n) is 4.69. The van der Waals surface area contributed by atoms with Crippen LogP contribution in [-0.2, 0) is 9.59 Å². The third-order valence-corrected chi connectivity index (χ3v) is 3.52. The Hall–Kier alpha value is -1.14. The number of carbonyl (C=O) groups excluding carboxylic acids is 1. The zero-order valence-electron chi connectivity index (χ0n) is 8.93. The maximum absolute atomic E-state index is 12.1. The van der Waals surface area contributed by atoms with Crippen molar-refractivity contribution in [1.82, 2.24) is 4.90 Å². The number of aliphatic carboxylic acids is 1. The van der Waals surface area contributed by atoms with E-state index in [1.54, 1.807) is 0 Å². The Labute approximate surface area is 93.0 Å². The maximum atomic E-state index is 12.1. The van der Waals surface area contributed by atoms with Gasteiger partial charge in [-0.15, -0.1) is 0 Å². The second kappa shape index (κ2) is 3.71. The number of carboxylic acids is 1. The molecule has 6 nitrogen and oxygen atoms in total. The first-order valence-electron chi connectivity index (χ1n) is 5.42. The minimum Gasteiger partial charge on any atom is -0.480 e. The highest BCUT2D eigenvalue weighted by Crippen LogP contribution is 2.47. The van der Waals surface area contributed by atoms with Crippen molar-refractivity contribution in [3.63, 3.8) is 0 Å². The van der Waals surface area contributed by atoms with E-state index in [4.69, 9.17) is 10.8 Å². The Morgan fingerprint density at radius 2 is 2.06 bits per heavy atom. The molecule has 2 atom stereocenters. The SMILES string of the molecule is NCC1(C(=O)N2C[C@H](O)C[C@@H]2C(=O)O)CC1. The molecule has 2 rings (SSSR count). The molecule has 1 saturated carbocycles. The molecular weight excluding hydrogens is 212 g/mol. The molecule has 1 aliphatic carbocycles. The van der Waals surface area contributed by atoms with Gasteiger partial charge >= 0.3 is 5.97 Å². The van der Waals surface area contributed by atoms with Gasteiger partial charge < -0.3 is 20.8 Å². The number of hydrogen-bond donors (Lipinski definition) is 3. The lowest BCUT2D eigenvalue weighted by molar-refractivity contribution is -0.150.